The number of benzene rings is 2. The van der Waals surface area contributed by atoms with Gasteiger partial charge in [-0.25, -0.2) is 0 Å². The Bertz CT molecular complexity index is 520. The monoisotopic (exact) mass is 321 g/mol. The Morgan fingerprint density at radius 3 is 2.38 bits per heavy atom. The summed E-state index contributed by atoms with van der Waals surface area (Å²) in [5.41, 5.74) is 1.21. The fourth-order valence-electron chi connectivity index (χ4n) is 1.89. The molecule has 0 fully saturated rings. The lowest BCUT2D eigenvalue weighted by atomic mass is 10.3. The first-order valence-electron chi connectivity index (χ1n) is 6.79. The van der Waals surface area contributed by atoms with Crippen molar-refractivity contribution in [3.8, 4) is 11.5 Å². The molecule has 0 atom stereocenters. The van der Waals surface area contributed by atoms with E-state index in [0.717, 1.165) is 30.3 Å². The van der Waals surface area contributed by atoms with Crippen LogP contribution in [0.5, 0.6) is 11.5 Å². The fourth-order valence-corrected chi connectivity index (χ4v) is 2.76. The minimum absolute atomic E-state index is 0.247. The molecule has 21 heavy (non-hydrogen) atoms. The summed E-state index contributed by atoms with van der Waals surface area (Å²) in [6.07, 6.45) is 0. The quantitative estimate of drug-likeness (QED) is 0.439. The number of rotatable bonds is 8. The molecule has 2 rings (SSSR count). The van der Waals surface area contributed by atoms with E-state index >= 15 is 0 Å². The van der Waals surface area contributed by atoms with Crippen LogP contribution < -0.4 is 9.08 Å². The van der Waals surface area contributed by atoms with E-state index in [2.05, 4.69) is 29.7 Å². The van der Waals surface area contributed by atoms with Crippen molar-refractivity contribution in [2.45, 2.75) is 0 Å². The van der Waals surface area contributed by atoms with Gasteiger partial charge in [0.15, 0.2) is 0 Å². The molecule has 1 N–H and O–H groups in total. The molecule has 112 valence electrons. The summed E-state index contributed by atoms with van der Waals surface area (Å²) in [4.78, 5) is 2.29. The first-order chi connectivity index (χ1) is 10.3. The summed E-state index contributed by atoms with van der Waals surface area (Å²) in [5, 5.41) is 9.21. The van der Waals surface area contributed by atoms with Gasteiger partial charge in [-0.2, -0.15) is 12.6 Å². The van der Waals surface area contributed by atoms with Crippen molar-refractivity contribution >= 4 is 30.4 Å². The third kappa shape index (κ3) is 5.44. The van der Waals surface area contributed by atoms with Crippen molar-refractivity contribution < 1.29 is 9.29 Å². The number of nitrogens with zero attached hydrogens (tertiary/aromatic N) is 1. The molecule has 0 bridgehead atoms. The predicted octanol–water partition coefficient (Wildman–Crippen LogP) is 3.86. The normalized spacial score (nSPS) is 10.3. The van der Waals surface area contributed by atoms with Crippen molar-refractivity contribution in [2.75, 3.05) is 29.5 Å². The molecule has 0 saturated carbocycles. The van der Waals surface area contributed by atoms with E-state index in [-0.39, 0.29) is 5.75 Å². The van der Waals surface area contributed by atoms with E-state index in [1.54, 1.807) is 24.3 Å². The largest absolute Gasteiger partial charge is 0.508 e. The van der Waals surface area contributed by atoms with Gasteiger partial charge in [-0.3, -0.25) is 0 Å². The van der Waals surface area contributed by atoms with Gasteiger partial charge in [0.1, 0.15) is 11.5 Å². The summed E-state index contributed by atoms with van der Waals surface area (Å²) in [6.45, 7) is 1.81. The first-order valence-corrected chi connectivity index (χ1v) is 8.33. The molecule has 0 radical (unpaired) electrons. The molecule has 0 aliphatic carbocycles. The Morgan fingerprint density at radius 1 is 1.00 bits per heavy atom. The molecule has 2 aromatic carbocycles. The van der Waals surface area contributed by atoms with Gasteiger partial charge in [0.2, 0.25) is 0 Å². The summed E-state index contributed by atoms with van der Waals surface area (Å²) in [6, 6.07) is 17.1. The Hall–Kier alpha value is -1.46. The van der Waals surface area contributed by atoms with Crippen LogP contribution in [0.4, 0.5) is 5.69 Å². The maximum Gasteiger partial charge on any atom is 0.137 e. The van der Waals surface area contributed by atoms with E-state index in [0.29, 0.717) is 0 Å². The molecular weight excluding hydrogens is 302 g/mol. The molecule has 0 aliphatic rings. The smallest absolute Gasteiger partial charge is 0.137 e. The zero-order valence-corrected chi connectivity index (χ0v) is 13.4. The summed E-state index contributed by atoms with van der Waals surface area (Å²) in [5.74, 6) is 2.66. The number of anilines is 1. The van der Waals surface area contributed by atoms with Crippen LogP contribution in [-0.4, -0.2) is 29.7 Å². The van der Waals surface area contributed by atoms with Crippen molar-refractivity contribution in [1.29, 1.82) is 0 Å². The zero-order chi connectivity index (χ0) is 14.9. The SMILES string of the molecule is Oc1ccc(OSCCN(CCS)c2ccccc2)cc1. The van der Waals surface area contributed by atoms with Gasteiger partial charge < -0.3 is 14.2 Å². The van der Waals surface area contributed by atoms with E-state index in [9.17, 15) is 5.11 Å². The molecule has 0 unspecified atom stereocenters. The highest BCUT2D eigenvalue weighted by Crippen LogP contribution is 2.20. The Balaban J connectivity index is 1.78. The van der Waals surface area contributed by atoms with Crippen LogP contribution in [0, 0.1) is 0 Å². The second-order valence-electron chi connectivity index (χ2n) is 4.45. The third-order valence-corrected chi connectivity index (χ3v) is 3.79. The minimum atomic E-state index is 0.247. The van der Waals surface area contributed by atoms with Crippen molar-refractivity contribution in [3.05, 3.63) is 54.6 Å². The van der Waals surface area contributed by atoms with Crippen LogP contribution >= 0.6 is 24.7 Å². The highest BCUT2D eigenvalue weighted by Gasteiger charge is 2.05. The highest BCUT2D eigenvalue weighted by atomic mass is 32.2. The Labute approximate surface area is 135 Å². The maximum absolute atomic E-state index is 9.21. The molecule has 0 aliphatic heterocycles. The van der Waals surface area contributed by atoms with Gasteiger partial charge in [0.25, 0.3) is 0 Å². The molecule has 3 nitrogen and oxygen atoms in total. The third-order valence-electron chi connectivity index (χ3n) is 2.93. The van der Waals surface area contributed by atoms with E-state index in [4.69, 9.17) is 4.18 Å². The number of phenols is 1. The lowest BCUT2D eigenvalue weighted by Crippen LogP contribution is -2.28. The molecule has 2 aromatic rings. The van der Waals surface area contributed by atoms with Crippen molar-refractivity contribution in [2.24, 2.45) is 0 Å². The van der Waals surface area contributed by atoms with Crippen molar-refractivity contribution in [1.82, 2.24) is 0 Å². The summed E-state index contributed by atoms with van der Waals surface area (Å²) in [7, 11) is 0. The average molecular weight is 321 g/mol. The van der Waals surface area contributed by atoms with Gasteiger partial charge in [0.05, 0.1) is 12.0 Å². The van der Waals surface area contributed by atoms with Crippen LogP contribution in [0.15, 0.2) is 54.6 Å². The lowest BCUT2D eigenvalue weighted by Gasteiger charge is -2.23. The highest BCUT2D eigenvalue weighted by molar-refractivity contribution is 7.95. The number of hydrogen-bond donors (Lipinski definition) is 2. The number of para-hydroxylation sites is 1. The second-order valence-corrected chi connectivity index (χ2v) is 5.70. The number of phenolic OH excluding ortho intramolecular Hbond substituents is 1. The van der Waals surface area contributed by atoms with Crippen LogP contribution in [-0.2, 0) is 0 Å². The minimum Gasteiger partial charge on any atom is -0.508 e. The van der Waals surface area contributed by atoms with Crippen LogP contribution in [0.1, 0.15) is 0 Å². The molecule has 5 heteroatoms. The topological polar surface area (TPSA) is 32.7 Å². The number of hydrogen-bond acceptors (Lipinski definition) is 5. The molecule has 0 heterocycles. The van der Waals surface area contributed by atoms with Gasteiger partial charge >= 0.3 is 0 Å². The fraction of sp³-hybridized carbons (Fsp3) is 0.250. The zero-order valence-electron chi connectivity index (χ0n) is 11.7. The number of aromatic hydroxyl groups is 1. The predicted molar refractivity (Wildman–Crippen MR) is 93.7 cm³/mol. The van der Waals surface area contributed by atoms with Crippen LogP contribution in [0.3, 0.4) is 0 Å². The Kier molecular flexibility index (Phi) is 6.63. The van der Waals surface area contributed by atoms with E-state index < -0.39 is 0 Å². The first kappa shape index (κ1) is 15.9. The van der Waals surface area contributed by atoms with Gasteiger partial charge in [0, 0.05) is 30.3 Å². The van der Waals surface area contributed by atoms with Gasteiger partial charge in [-0.05, 0) is 36.4 Å². The molecule has 0 spiro atoms. The van der Waals surface area contributed by atoms with Crippen molar-refractivity contribution in [3.63, 3.8) is 0 Å². The van der Waals surface area contributed by atoms with Crippen LogP contribution in [0.2, 0.25) is 0 Å². The van der Waals surface area contributed by atoms with Crippen LogP contribution in [0.25, 0.3) is 0 Å². The Morgan fingerprint density at radius 2 is 1.71 bits per heavy atom. The summed E-state index contributed by atoms with van der Waals surface area (Å²) >= 11 is 5.73. The summed E-state index contributed by atoms with van der Waals surface area (Å²) < 4.78 is 5.59. The maximum atomic E-state index is 9.21. The molecule has 0 aromatic heterocycles. The molecule has 0 amide bonds. The van der Waals surface area contributed by atoms with E-state index in [1.807, 2.05) is 18.2 Å². The standard InChI is InChI=1S/C16H19NO2S2/c18-15-6-8-16(9-7-15)19-21-13-11-17(10-12-20)14-4-2-1-3-5-14/h1-9,18,20H,10-13H2. The molecule has 0 saturated heterocycles. The number of thiol groups is 1. The lowest BCUT2D eigenvalue weighted by molar-refractivity contribution is 0.474. The van der Waals surface area contributed by atoms with Gasteiger partial charge in [-0.15, -0.1) is 0 Å². The van der Waals surface area contributed by atoms with Gasteiger partial charge in [-0.1, -0.05) is 18.2 Å². The second kappa shape index (κ2) is 8.74. The average Bonchev–Trinajstić information content (AvgIpc) is 2.53. The van der Waals surface area contributed by atoms with E-state index in [1.165, 1.54) is 17.7 Å². The molecular formula is C16H19NO2S2.